The Balaban J connectivity index is 1.70. The molecule has 0 saturated carbocycles. The molecule has 0 aliphatic heterocycles. The van der Waals surface area contributed by atoms with E-state index in [0.29, 0.717) is 10.4 Å². The number of sulfonamides is 1. The molecule has 1 heterocycles. The van der Waals surface area contributed by atoms with Crippen molar-refractivity contribution >= 4 is 33.2 Å². The quantitative estimate of drug-likeness (QED) is 0.642. The third kappa shape index (κ3) is 5.04. The minimum Gasteiger partial charge on any atom is -0.267 e. The Hall–Kier alpha value is -2.23. The average Bonchev–Trinajstić information content (AvgIpc) is 3.08. The number of amides is 2. The van der Waals surface area contributed by atoms with Crippen LogP contribution in [0.5, 0.6) is 0 Å². The molecule has 2 amide bonds. The second-order valence-corrected chi connectivity index (χ2v) is 10.1. The predicted molar refractivity (Wildman–Crippen MR) is 113 cm³/mol. The zero-order valence-electron chi connectivity index (χ0n) is 16.5. The Labute approximate surface area is 174 Å². The molecular weight excluding hydrogens is 410 g/mol. The maximum absolute atomic E-state index is 12.5. The fraction of sp³-hybridized carbons (Fsp3) is 0.400. The van der Waals surface area contributed by atoms with Crippen molar-refractivity contribution in [2.75, 3.05) is 7.05 Å². The van der Waals surface area contributed by atoms with Crippen molar-refractivity contribution in [3.63, 3.8) is 0 Å². The molecule has 1 aromatic carbocycles. The molecule has 3 rings (SSSR count). The van der Waals surface area contributed by atoms with E-state index >= 15 is 0 Å². The summed E-state index contributed by atoms with van der Waals surface area (Å²) in [6, 6.07) is 6.19. The Morgan fingerprint density at radius 3 is 2.38 bits per heavy atom. The van der Waals surface area contributed by atoms with Crippen LogP contribution in [0, 0.1) is 6.92 Å². The zero-order chi connectivity index (χ0) is 21.0. The van der Waals surface area contributed by atoms with Gasteiger partial charge in [0.25, 0.3) is 11.8 Å². The number of carbonyl (C=O) groups excluding carboxylic acids is 2. The molecule has 156 valence electrons. The molecule has 0 radical (unpaired) electrons. The van der Waals surface area contributed by atoms with Gasteiger partial charge in [0, 0.05) is 10.4 Å². The molecule has 0 bridgehead atoms. The van der Waals surface area contributed by atoms with Crippen molar-refractivity contribution in [2.45, 2.75) is 50.3 Å². The van der Waals surface area contributed by atoms with Crippen molar-refractivity contribution < 1.29 is 18.0 Å². The number of aryl methyl sites for hydroxylation is 3. The highest BCUT2D eigenvalue weighted by Crippen LogP contribution is 2.28. The summed E-state index contributed by atoms with van der Waals surface area (Å²) in [5.41, 5.74) is 6.85. The predicted octanol–water partition coefficient (Wildman–Crippen LogP) is 2.70. The van der Waals surface area contributed by atoms with Gasteiger partial charge in [-0.05, 0) is 69.0 Å². The van der Waals surface area contributed by atoms with Crippen LogP contribution in [0.4, 0.5) is 0 Å². The normalized spacial score (nSPS) is 14.4. The summed E-state index contributed by atoms with van der Waals surface area (Å²) >= 11 is 1.47. The molecule has 0 saturated heterocycles. The van der Waals surface area contributed by atoms with Crippen LogP contribution in [-0.4, -0.2) is 27.3 Å². The fourth-order valence-electron chi connectivity index (χ4n) is 3.33. The summed E-state index contributed by atoms with van der Waals surface area (Å²) in [4.78, 5) is 26.8. The number of benzene rings is 1. The summed E-state index contributed by atoms with van der Waals surface area (Å²) in [5.74, 6) is -0.939. The Morgan fingerprint density at radius 1 is 0.966 bits per heavy atom. The summed E-state index contributed by atoms with van der Waals surface area (Å²) in [6.07, 6.45) is 6.68. The van der Waals surface area contributed by atoms with Gasteiger partial charge >= 0.3 is 0 Å². The van der Waals surface area contributed by atoms with Crippen LogP contribution >= 0.6 is 11.3 Å². The van der Waals surface area contributed by atoms with Gasteiger partial charge in [-0.3, -0.25) is 20.4 Å². The topological polar surface area (TPSA) is 104 Å². The molecule has 9 heteroatoms. The number of hydrazine groups is 1. The van der Waals surface area contributed by atoms with E-state index in [1.54, 1.807) is 13.0 Å². The van der Waals surface area contributed by atoms with Crippen LogP contribution in [-0.2, 0) is 22.9 Å². The smallest absolute Gasteiger partial charge is 0.267 e. The molecule has 0 spiro atoms. The lowest BCUT2D eigenvalue weighted by molar-refractivity contribution is 0.0848. The summed E-state index contributed by atoms with van der Waals surface area (Å²) in [6.45, 7) is 1.70. The first-order valence-electron chi connectivity index (χ1n) is 9.58. The SMILES string of the molecule is CNS(=O)(=O)c1ccc(C)c(C(=O)NNC(=O)c2cc3c(s2)CCCCCC3)c1. The molecule has 7 nitrogen and oxygen atoms in total. The van der Waals surface area contributed by atoms with Crippen LogP contribution in [0.25, 0.3) is 0 Å². The second-order valence-electron chi connectivity index (χ2n) is 7.07. The molecule has 0 atom stereocenters. The lowest BCUT2D eigenvalue weighted by Crippen LogP contribution is -2.41. The van der Waals surface area contributed by atoms with E-state index in [-0.39, 0.29) is 16.4 Å². The zero-order valence-corrected chi connectivity index (χ0v) is 18.1. The van der Waals surface area contributed by atoms with E-state index in [9.17, 15) is 18.0 Å². The molecular formula is C20H25N3O4S2. The minimum atomic E-state index is -3.67. The third-order valence-corrected chi connectivity index (χ3v) is 7.69. The first-order chi connectivity index (χ1) is 13.8. The van der Waals surface area contributed by atoms with E-state index in [4.69, 9.17) is 0 Å². The van der Waals surface area contributed by atoms with E-state index < -0.39 is 15.9 Å². The monoisotopic (exact) mass is 435 g/mol. The van der Waals surface area contributed by atoms with Crippen molar-refractivity contribution in [1.29, 1.82) is 0 Å². The Morgan fingerprint density at radius 2 is 1.66 bits per heavy atom. The number of rotatable bonds is 4. The maximum atomic E-state index is 12.5. The van der Waals surface area contributed by atoms with E-state index in [1.165, 1.54) is 53.8 Å². The Kier molecular flexibility index (Phi) is 6.71. The number of carbonyl (C=O) groups is 2. The Bertz CT molecular complexity index is 1000. The van der Waals surface area contributed by atoms with Gasteiger partial charge in [0.1, 0.15) is 0 Å². The second kappa shape index (κ2) is 9.06. The first kappa shape index (κ1) is 21.5. The van der Waals surface area contributed by atoms with Crippen molar-refractivity contribution in [3.8, 4) is 0 Å². The summed E-state index contributed by atoms with van der Waals surface area (Å²) in [7, 11) is -2.36. The van der Waals surface area contributed by atoms with Crippen LogP contribution in [0.2, 0.25) is 0 Å². The van der Waals surface area contributed by atoms with Crippen molar-refractivity contribution in [3.05, 3.63) is 50.7 Å². The molecule has 2 aromatic rings. The lowest BCUT2D eigenvalue weighted by atomic mass is 10.00. The fourth-order valence-corrected chi connectivity index (χ4v) is 5.23. The van der Waals surface area contributed by atoms with E-state index in [0.717, 1.165) is 25.7 Å². The van der Waals surface area contributed by atoms with Gasteiger partial charge < -0.3 is 0 Å². The molecule has 3 N–H and O–H groups in total. The number of fused-ring (bicyclic) bond motifs is 1. The van der Waals surface area contributed by atoms with Gasteiger partial charge in [-0.2, -0.15) is 0 Å². The number of thiophene rings is 1. The summed E-state index contributed by atoms with van der Waals surface area (Å²) < 4.78 is 26.2. The van der Waals surface area contributed by atoms with Crippen LogP contribution in [0.3, 0.4) is 0 Å². The van der Waals surface area contributed by atoms with Crippen LogP contribution < -0.4 is 15.6 Å². The van der Waals surface area contributed by atoms with Gasteiger partial charge in [-0.15, -0.1) is 11.3 Å². The molecule has 0 fully saturated rings. The number of nitrogens with one attached hydrogen (secondary N) is 3. The lowest BCUT2D eigenvalue weighted by Gasteiger charge is -2.10. The molecule has 1 aromatic heterocycles. The largest absolute Gasteiger partial charge is 0.279 e. The van der Waals surface area contributed by atoms with Gasteiger partial charge in [-0.1, -0.05) is 18.9 Å². The van der Waals surface area contributed by atoms with Gasteiger partial charge in [0.2, 0.25) is 10.0 Å². The maximum Gasteiger partial charge on any atom is 0.279 e. The van der Waals surface area contributed by atoms with Gasteiger partial charge in [0.15, 0.2) is 0 Å². The number of hydrogen-bond acceptors (Lipinski definition) is 5. The summed E-state index contributed by atoms with van der Waals surface area (Å²) in [5, 5.41) is 0. The minimum absolute atomic E-state index is 0.0138. The number of hydrogen-bond donors (Lipinski definition) is 3. The van der Waals surface area contributed by atoms with Crippen LogP contribution in [0.15, 0.2) is 29.2 Å². The molecule has 1 aliphatic carbocycles. The first-order valence-corrected chi connectivity index (χ1v) is 11.9. The highest BCUT2D eigenvalue weighted by molar-refractivity contribution is 7.89. The van der Waals surface area contributed by atoms with Gasteiger partial charge in [-0.25, -0.2) is 13.1 Å². The van der Waals surface area contributed by atoms with E-state index in [1.807, 2.05) is 6.07 Å². The van der Waals surface area contributed by atoms with Crippen molar-refractivity contribution in [1.82, 2.24) is 15.6 Å². The van der Waals surface area contributed by atoms with Crippen LogP contribution in [0.1, 0.15) is 61.7 Å². The molecule has 1 aliphatic rings. The average molecular weight is 436 g/mol. The third-order valence-electron chi connectivity index (χ3n) is 5.04. The highest BCUT2D eigenvalue weighted by atomic mass is 32.2. The highest BCUT2D eigenvalue weighted by Gasteiger charge is 2.19. The van der Waals surface area contributed by atoms with Gasteiger partial charge in [0.05, 0.1) is 9.77 Å². The van der Waals surface area contributed by atoms with Crippen molar-refractivity contribution in [2.24, 2.45) is 0 Å². The molecule has 29 heavy (non-hydrogen) atoms. The van der Waals surface area contributed by atoms with E-state index in [2.05, 4.69) is 15.6 Å². The standard InChI is InChI=1S/C20H25N3O4S2/c1-13-9-10-15(29(26,27)21-2)12-16(13)19(24)22-23-20(25)18-11-14-7-5-3-4-6-8-17(14)28-18/h9-12,21H,3-8H2,1-2H3,(H,22,24)(H,23,25). The molecule has 0 unspecified atom stereocenters.